The summed E-state index contributed by atoms with van der Waals surface area (Å²) in [6.45, 7) is 0. The van der Waals surface area contributed by atoms with E-state index < -0.39 is 0 Å². The first-order valence-electron chi connectivity index (χ1n) is 5.40. The Bertz CT molecular complexity index is 737. The minimum atomic E-state index is 0.421. The van der Waals surface area contributed by atoms with Gasteiger partial charge in [0.05, 0.1) is 16.8 Å². The number of aryl methyl sites for hydroxylation is 1. The van der Waals surface area contributed by atoms with Crippen LogP contribution < -0.4 is 0 Å². The summed E-state index contributed by atoms with van der Waals surface area (Å²) >= 11 is 11.1. The molecule has 19 heavy (non-hydrogen) atoms. The number of rotatable bonds is 2. The van der Waals surface area contributed by atoms with Crippen LogP contribution in [0.1, 0.15) is 0 Å². The molecule has 0 radical (unpaired) electrons. The molecule has 0 aliphatic carbocycles. The van der Waals surface area contributed by atoms with E-state index in [2.05, 4.69) is 31.0 Å². The molecule has 3 aromatic heterocycles. The number of hydrogen-bond donors (Lipinski definition) is 0. The Labute approximate surface area is 127 Å². The lowest BCUT2D eigenvalue weighted by Gasteiger charge is -2.02. The molecule has 4 nitrogen and oxygen atoms in total. The summed E-state index contributed by atoms with van der Waals surface area (Å²) < 4.78 is 2.70. The maximum absolute atomic E-state index is 6.09. The summed E-state index contributed by atoms with van der Waals surface area (Å²) in [4.78, 5) is 9.79. The third-order valence-corrected chi connectivity index (χ3v) is 4.54. The second-order valence-electron chi connectivity index (χ2n) is 3.90. The van der Waals surface area contributed by atoms with E-state index in [1.807, 2.05) is 24.7 Å². The molecule has 3 rings (SSSR count). The Morgan fingerprint density at radius 2 is 2.21 bits per heavy atom. The van der Waals surface area contributed by atoms with Crippen molar-refractivity contribution in [3.05, 3.63) is 39.5 Å². The van der Waals surface area contributed by atoms with E-state index >= 15 is 0 Å². The van der Waals surface area contributed by atoms with Crippen LogP contribution in [0.15, 0.2) is 34.4 Å². The summed E-state index contributed by atoms with van der Waals surface area (Å²) in [7, 11) is 1.86. The van der Waals surface area contributed by atoms with Crippen LogP contribution in [-0.4, -0.2) is 19.7 Å². The van der Waals surface area contributed by atoms with Crippen molar-refractivity contribution in [1.29, 1.82) is 0 Å². The van der Waals surface area contributed by atoms with Gasteiger partial charge in [-0.25, -0.2) is 9.97 Å². The predicted molar refractivity (Wildman–Crippen MR) is 80.3 cm³/mol. The van der Waals surface area contributed by atoms with Gasteiger partial charge in [0.2, 0.25) is 0 Å². The van der Waals surface area contributed by atoms with Crippen LogP contribution in [0.25, 0.3) is 22.0 Å². The topological polar surface area (TPSA) is 43.6 Å². The Kier molecular flexibility index (Phi) is 3.38. The van der Waals surface area contributed by atoms with E-state index in [-0.39, 0.29) is 0 Å². The first-order valence-corrected chi connectivity index (χ1v) is 7.45. The van der Waals surface area contributed by atoms with Crippen molar-refractivity contribution < 1.29 is 0 Å². The quantitative estimate of drug-likeness (QED) is 0.652. The molecule has 0 spiro atoms. The molecule has 0 saturated heterocycles. The SMILES string of the molecule is Cn1cc(-c2cc(Cl)nc(-c3sccc3Br)n2)cn1. The van der Waals surface area contributed by atoms with Gasteiger partial charge in [0, 0.05) is 29.3 Å². The second-order valence-corrected chi connectivity index (χ2v) is 6.06. The summed E-state index contributed by atoms with van der Waals surface area (Å²) in [6.07, 6.45) is 3.65. The zero-order valence-electron chi connectivity index (χ0n) is 9.84. The molecular formula is C12H8BrClN4S. The fourth-order valence-corrected chi connectivity index (χ4v) is 3.34. The monoisotopic (exact) mass is 354 g/mol. The Balaban J connectivity index is 2.13. The lowest BCUT2D eigenvalue weighted by atomic mass is 10.2. The largest absolute Gasteiger partial charge is 0.275 e. The van der Waals surface area contributed by atoms with Crippen molar-refractivity contribution in [2.45, 2.75) is 0 Å². The summed E-state index contributed by atoms with van der Waals surface area (Å²) in [5, 5.41) is 6.54. The third-order valence-electron chi connectivity index (χ3n) is 2.52. The number of halogens is 2. The van der Waals surface area contributed by atoms with Gasteiger partial charge in [-0.3, -0.25) is 4.68 Å². The van der Waals surface area contributed by atoms with Gasteiger partial charge >= 0.3 is 0 Å². The van der Waals surface area contributed by atoms with Crippen molar-refractivity contribution in [3.63, 3.8) is 0 Å². The van der Waals surface area contributed by atoms with Gasteiger partial charge in [0.25, 0.3) is 0 Å². The van der Waals surface area contributed by atoms with Gasteiger partial charge in [0.1, 0.15) is 5.15 Å². The van der Waals surface area contributed by atoms with Crippen molar-refractivity contribution in [2.75, 3.05) is 0 Å². The van der Waals surface area contributed by atoms with Crippen LogP contribution in [0.4, 0.5) is 0 Å². The van der Waals surface area contributed by atoms with E-state index in [4.69, 9.17) is 11.6 Å². The van der Waals surface area contributed by atoms with Gasteiger partial charge in [-0.15, -0.1) is 11.3 Å². The standard InChI is InChI=1S/C12H8BrClN4S/c1-18-6-7(5-15-18)9-4-10(14)17-12(16-9)11-8(13)2-3-19-11/h2-6H,1H3. The predicted octanol–water partition coefficient (Wildman–Crippen LogP) is 4.02. The average molecular weight is 356 g/mol. The molecular weight excluding hydrogens is 348 g/mol. The molecule has 0 saturated carbocycles. The first kappa shape index (κ1) is 12.8. The van der Waals surface area contributed by atoms with Crippen molar-refractivity contribution in [2.24, 2.45) is 7.05 Å². The fraction of sp³-hybridized carbons (Fsp3) is 0.0833. The normalized spacial score (nSPS) is 10.9. The lowest BCUT2D eigenvalue weighted by Crippen LogP contribution is -1.91. The molecule has 7 heteroatoms. The number of aromatic nitrogens is 4. The van der Waals surface area contributed by atoms with Gasteiger partial charge < -0.3 is 0 Å². The average Bonchev–Trinajstić information content (AvgIpc) is 2.97. The van der Waals surface area contributed by atoms with E-state index in [1.54, 1.807) is 28.3 Å². The molecule has 0 aliphatic heterocycles. The van der Waals surface area contributed by atoms with E-state index in [0.717, 1.165) is 20.6 Å². The molecule has 0 amide bonds. The highest BCUT2D eigenvalue weighted by Gasteiger charge is 2.12. The summed E-state index contributed by atoms with van der Waals surface area (Å²) in [6, 6.07) is 3.71. The molecule has 0 N–H and O–H groups in total. The Hall–Kier alpha value is -1.24. The van der Waals surface area contributed by atoms with Crippen molar-refractivity contribution >= 4 is 38.9 Å². The van der Waals surface area contributed by atoms with Gasteiger partial charge in [-0.1, -0.05) is 11.6 Å². The fourth-order valence-electron chi connectivity index (χ4n) is 1.67. The maximum Gasteiger partial charge on any atom is 0.172 e. The van der Waals surface area contributed by atoms with E-state index in [0.29, 0.717) is 11.0 Å². The molecule has 0 aromatic carbocycles. The smallest absolute Gasteiger partial charge is 0.172 e. The number of thiophene rings is 1. The van der Waals surface area contributed by atoms with E-state index in [1.165, 1.54) is 0 Å². The van der Waals surface area contributed by atoms with Crippen LogP contribution >= 0.6 is 38.9 Å². The van der Waals surface area contributed by atoms with Crippen LogP contribution in [0.2, 0.25) is 5.15 Å². The minimum Gasteiger partial charge on any atom is -0.275 e. The first-order chi connectivity index (χ1) is 9.13. The molecule has 0 aliphatic rings. The van der Waals surface area contributed by atoms with Crippen LogP contribution in [-0.2, 0) is 7.05 Å². The molecule has 96 valence electrons. The second kappa shape index (κ2) is 5.03. The Morgan fingerprint density at radius 3 is 2.84 bits per heavy atom. The zero-order valence-corrected chi connectivity index (χ0v) is 13.0. The van der Waals surface area contributed by atoms with Gasteiger partial charge in [0.15, 0.2) is 5.82 Å². The highest BCUT2D eigenvalue weighted by molar-refractivity contribution is 9.10. The molecule has 3 heterocycles. The van der Waals surface area contributed by atoms with Crippen molar-refractivity contribution in [1.82, 2.24) is 19.7 Å². The summed E-state index contributed by atoms with van der Waals surface area (Å²) in [5.74, 6) is 0.619. The maximum atomic E-state index is 6.09. The van der Waals surface area contributed by atoms with Crippen LogP contribution in [0.3, 0.4) is 0 Å². The Morgan fingerprint density at radius 1 is 1.37 bits per heavy atom. The van der Waals surface area contributed by atoms with E-state index in [9.17, 15) is 0 Å². The highest BCUT2D eigenvalue weighted by atomic mass is 79.9. The molecule has 0 unspecified atom stereocenters. The number of nitrogens with zero attached hydrogens (tertiary/aromatic N) is 4. The summed E-state index contributed by atoms with van der Waals surface area (Å²) in [5.41, 5.74) is 1.68. The van der Waals surface area contributed by atoms with Crippen LogP contribution in [0.5, 0.6) is 0 Å². The van der Waals surface area contributed by atoms with Gasteiger partial charge in [-0.2, -0.15) is 5.10 Å². The molecule has 0 bridgehead atoms. The minimum absolute atomic E-state index is 0.421. The lowest BCUT2D eigenvalue weighted by molar-refractivity contribution is 0.768. The van der Waals surface area contributed by atoms with Gasteiger partial charge in [-0.05, 0) is 27.4 Å². The number of hydrogen-bond acceptors (Lipinski definition) is 4. The molecule has 0 atom stereocenters. The van der Waals surface area contributed by atoms with Crippen molar-refractivity contribution in [3.8, 4) is 22.0 Å². The third kappa shape index (κ3) is 2.56. The van der Waals surface area contributed by atoms with Crippen LogP contribution in [0, 0.1) is 0 Å². The highest BCUT2D eigenvalue weighted by Crippen LogP contribution is 2.33. The molecule has 3 aromatic rings. The molecule has 0 fully saturated rings. The zero-order chi connectivity index (χ0) is 13.4.